The second-order valence-corrected chi connectivity index (χ2v) is 11.4. The molecule has 0 aliphatic heterocycles. The summed E-state index contributed by atoms with van der Waals surface area (Å²) in [6.45, 7) is 2.40. The lowest BCUT2D eigenvalue weighted by atomic mass is 9.71. The molecule has 0 aromatic heterocycles. The van der Waals surface area contributed by atoms with E-state index in [-0.39, 0.29) is 5.82 Å². The van der Waals surface area contributed by atoms with Crippen molar-refractivity contribution in [2.24, 2.45) is 5.41 Å². The first-order valence-corrected chi connectivity index (χ1v) is 13.3. The van der Waals surface area contributed by atoms with E-state index in [0.29, 0.717) is 10.4 Å². The molecule has 26 heavy (non-hydrogen) atoms. The summed E-state index contributed by atoms with van der Waals surface area (Å²) in [5, 5.41) is 0.457. The number of aryl methyl sites for hydroxylation is 1. The van der Waals surface area contributed by atoms with Gasteiger partial charge in [0.2, 0.25) is 0 Å². The van der Waals surface area contributed by atoms with Gasteiger partial charge in [-0.3, -0.25) is 0 Å². The molecule has 6 heteroatoms. The smallest absolute Gasteiger partial charge is 0.124 e. The Hall–Kier alpha value is 0.0600. The fourth-order valence-corrected chi connectivity index (χ4v) is 6.63. The van der Waals surface area contributed by atoms with Crippen molar-refractivity contribution < 1.29 is 4.39 Å². The molecule has 0 fully saturated rings. The van der Waals surface area contributed by atoms with Crippen molar-refractivity contribution >= 4 is 55.6 Å². The quantitative estimate of drug-likeness (QED) is 0.341. The minimum atomic E-state index is -0.273. The zero-order valence-electron chi connectivity index (χ0n) is 14.6. The molecule has 0 N–H and O–H groups in total. The molecule has 0 nitrogen and oxygen atoms in total. The number of hydrogen-bond acceptors (Lipinski definition) is 4. The van der Waals surface area contributed by atoms with Crippen LogP contribution in [0.25, 0.3) is 0 Å². The molecule has 140 valence electrons. The topological polar surface area (TPSA) is 0 Å². The van der Waals surface area contributed by atoms with Gasteiger partial charge in [0.05, 0.1) is 0 Å². The van der Waals surface area contributed by atoms with E-state index in [0.717, 1.165) is 23.5 Å². The van der Waals surface area contributed by atoms with E-state index in [1.165, 1.54) is 41.4 Å². The molecule has 0 heterocycles. The van der Waals surface area contributed by atoms with Gasteiger partial charge in [-0.2, -0.15) is 0 Å². The number of thiol groups is 1. The summed E-state index contributed by atoms with van der Waals surface area (Å²) in [4.78, 5) is 1.27. The van der Waals surface area contributed by atoms with E-state index in [1.807, 2.05) is 6.07 Å². The Balaban J connectivity index is 1.61. The van der Waals surface area contributed by atoms with Crippen LogP contribution in [0.1, 0.15) is 36.5 Å². The molecule has 1 aliphatic rings. The zero-order chi connectivity index (χ0) is 18.6. The third kappa shape index (κ3) is 5.78. The van der Waals surface area contributed by atoms with Crippen molar-refractivity contribution in [3.63, 3.8) is 0 Å². The predicted octanol–water partition coefficient (Wildman–Crippen LogP) is 7.88. The van der Waals surface area contributed by atoms with Crippen LogP contribution in [0.15, 0.2) is 41.3 Å². The predicted molar refractivity (Wildman–Crippen MR) is 121 cm³/mol. The first-order chi connectivity index (χ1) is 12.5. The maximum Gasteiger partial charge on any atom is 0.124 e. The molecule has 1 atom stereocenters. The molecular formula is C20H22ClFS4. The van der Waals surface area contributed by atoms with Crippen molar-refractivity contribution in [1.82, 2.24) is 0 Å². The number of benzene rings is 2. The highest BCUT2D eigenvalue weighted by molar-refractivity contribution is 8.76. The van der Waals surface area contributed by atoms with Gasteiger partial charge in [-0.15, -0.1) is 11.7 Å². The van der Waals surface area contributed by atoms with E-state index in [1.54, 1.807) is 38.4 Å². The lowest BCUT2D eigenvalue weighted by Crippen LogP contribution is -2.26. The van der Waals surface area contributed by atoms with Gasteiger partial charge >= 0.3 is 0 Å². The lowest BCUT2D eigenvalue weighted by Gasteiger charge is -2.35. The Kier molecular flexibility index (Phi) is 7.60. The van der Waals surface area contributed by atoms with Gasteiger partial charge in [-0.25, -0.2) is 4.39 Å². The third-order valence-corrected chi connectivity index (χ3v) is 8.35. The summed E-state index contributed by atoms with van der Waals surface area (Å²) in [6.07, 6.45) is 4.79. The van der Waals surface area contributed by atoms with Crippen molar-refractivity contribution in [1.29, 1.82) is 0 Å². The van der Waals surface area contributed by atoms with Crippen LogP contribution in [-0.2, 0) is 18.6 Å². The first kappa shape index (κ1) is 20.8. The third-order valence-electron chi connectivity index (χ3n) is 4.89. The Morgan fingerprint density at radius 3 is 2.81 bits per heavy atom. The highest BCUT2D eigenvalue weighted by Crippen LogP contribution is 2.42. The summed E-state index contributed by atoms with van der Waals surface area (Å²) >= 11 is 10.2. The van der Waals surface area contributed by atoms with Crippen LogP contribution in [0.3, 0.4) is 0 Å². The van der Waals surface area contributed by atoms with E-state index in [2.05, 4.69) is 36.8 Å². The molecule has 2 aromatic carbocycles. The van der Waals surface area contributed by atoms with Crippen molar-refractivity contribution in [3.05, 3.63) is 63.9 Å². The van der Waals surface area contributed by atoms with Crippen molar-refractivity contribution in [2.75, 3.05) is 5.75 Å². The summed E-state index contributed by atoms with van der Waals surface area (Å²) in [5.41, 5.74) is 4.29. The Bertz CT molecular complexity index is 747. The number of halogens is 2. The molecule has 3 rings (SSSR count). The minimum absolute atomic E-state index is 0.273. The second kappa shape index (κ2) is 9.51. The van der Waals surface area contributed by atoms with Crippen LogP contribution in [0.4, 0.5) is 4.39 Å². The van der Waals surface area contributed by atoms with Gasteiger partial charge < -0.3 is 0 Å². The summed E-state index contributed by atoms with van der Waals surface area (Å²) < 4.78 is 13.4. The van der Waals surface area contributed by atoms with Gasteiger partial charge in [0, 0.05) is 21.4 Å². The Morgan fingerprint density at radius 2 is 2.04 bits per heavy atom. The average Bonchev–Trinajstić information content (AvgIpc) is 2.59. The van der Waals surface area contributed by atoms with Crippen LogP contribution in [0.5, 0.6) is 0 Å². The van der Waals surface area contributed by atoms with E-state index >= 15 is 0 Å². The van der Waals surface area contributed by atoms with Crippen LogP contribution >= 0.6 is 55.6 Å². The molecule has 1 unspecified atom stereocenters. The lowest BCUT2D eigenvalue weighted by molar-refractivity contribution is 0.270. The van der Waals surface area contributed by atoms with Crippen molar-refractivity contribution in [3.8, 4) is 0 Å². The maximum absolute atomic E-state index is 13.4. The monoisotopic (exact) mass is 444 g/mol. The Morgan fingerprint density at radius 1 is 1.19 bits per heavy atom. The normalized spacial score (nSPS) is 19.4. The largest absolute Gasteiger partial charge is 0.207 e. The Labute approximate surface area is 177 Å². The van der Waals surface area contributed by atoms with Crippen LogP contribution in [0, 0.1) is 11.2 Å². The standard InChI is InChI=1S/C20H22ClFS4/c1-20(6-7-24-23)5-4-15-2-3-19(10-16(15)12-20)26-25-13-14-8-17(21)11-18(22)9-14/h2-3,8-11,23H,4-7,12-13H2,1H3. The molecule has 1 aliphatic carbocycles. The van der Waals surface area contributed by atoms with E-state index < -0.39 is 0 Å². The average molecular weight is 445 g/mol. The van der Waals surface area contributed by atoms with Gasteiger partial charge in [-0.1, -0.05) is 57.0 Å². The van der Waals surface area contributed by atoms with Crippen molar-refractivity contribution in [2.45, 2.75) is 43.3 Å². The van der Waals surface area contributed by atoms with Gasteiger partial charge in [0.25, 0.3) is 0 Å². The van der Waals surface area contributed by atoms with Gasteiger partial charge in [0.15, 0.2) is 0 Å². The van der Waals surface area contributed by atoms with Crippen LogP contribution < -0.4 is 0 Å². The molecule has 0 amide bonds. The second-order valence-electron chi connectivity index (χ2n) is 7.12. The summed E-state index contributed by atoms with van der Waals surface area (Å²) in [6, 6.07) is 11.6. The highest BCUT2D eigenvalue weighted by atomic mass is 35.5. The maximum atomic E-state index is 13.4. The van der Waals surface area contributed by atoms with Crippen LogP contribution in [0.2, 0.25) is 5.02 Å². The molecular weight excluding hydrogens is 423 g/mol. The zero-order valence-corrected chi connectivity index (χ0v) is 18.7. The van der Waals surface area contributed by atoms with Crippen LogP contribution in [-0.4, -0.2) is 5.75 Å². The highest BCUT2D eigenvalue weighted by Gasteiger charge is 2.29. The van der Waals surface area contributed by atoms with E-state index in [9.17, 15) is 4.39 Å². The minimum Gasteiger partial charge on any atom is -0.207 e. The molecule has 0 saturated carbocycles. The fraction of sp³-hybridized carbons (Fsp3) is 0.400. The van der Waals surface area contributed by atoms with Gasteiger partial charge in [0.1, 0.15) is 5.82 Å². The summed E-state index contributed by atoms with van der Waals surface area (Å²) in [5.74, 6) is 1.57. The molecule has 0 spiro atoms. The molecule has 0 radical (unpaired) electrons. The molecule has 0 saturated heterocycles. The SMILES string of the molecule is CC1(CCSS)CCc2ccc(SSCc3cc(F)cc(Cl)c3)cc2C1. The fourth-order valence-electron chi connectivity index (χ4n) is 3.41. The van der Waals surface area contributed by atoms with Gasteiger partial charge in [-0.05, 0) is 78.1 Å². The first-order valence-electron chi connectivity index (χ1n) is 8.60. The molecule has 2 aromatic rings. The number of fused-ring (bicyclic) bond motifs is 1. The number of hydrogen-bond donors (Lipinski definition) is 1. The number of rotatable bonds is 7. The van der Waals surface area contributed by atoms with E-state index in [4.69, 9.17) is 11.6 Å². The molecule has 0 bridgehead atoms. The summed E-state index contributed by atoms with van der Waals surface area (Å²) in [7, 11) is 5.11.